The molecule has 0 fully saturated rings. The summed E-state index contributed by atoms with van der Waals surface area (Å²) in [4.78, 5) is 0. The summed E-state index contributed by atoms with van der Waals surface area (Å²) in [6.07, 6.45) is 1.47. The Morgan fingerprint density at radius 2 is 2.18 bits per heavy atom. The smallest absolute Gasteiger partial charge is 0.189 e. The van der Waals surface area contributed by atoms with E-state index in [0.717, 1.165) is 5.56 Å². The van der Waals surface area contributed by atoms with Crippen molar-refractivity contribution in [3.05, 3.63) is 24.4 Å². The summed E-state index contributed by atoms with van der Waals surface area (Å²) in [5, 5.41) is 3.64. The molecule has 2 rings (SSSR count). The van der Waals surface area contributed by atoms with Crippen molar-refractivity contribution in [3.8, 4) is 22.8 Å². The molecule has 1 aromatic carbocycles. The summed E-state index contributed by atoms with van der Waals surface area (Å²) in [5.74, 6) is 1.86. The maximum Gasteiger partial charge on any atom is 0.189 e. The molecule has 17 heavy (non-hydrogen) atoms. The molecule has 0 radical (unpaired) electrons. The van der Waals surface area contributed by atoms with E-state index in [9.17, 15) is 0 Å². The summed E-state index contributed by atoms with van der Waals surface area (Å²) in [6, 6.07) is 5.48. The van der Waals surface area contributed by atoms with Gasteiger partial charge in [-0.2, -0.15) is 0 Å². The Labute approximate surface area is 99.1 Å². The SMILES string of the molecule is CCOc1ccc(-c2oncc2N)cc1OC. The van der Waals surface area contributed by atoms with Gasteiger partial charge in [0, 0.05) is 5.56 Å². The van der Waals surface area contributed by atoms with Crippen LogP contribution in [0, 0.1) is 0 Å². The topological polar surface area (TPSA) is 70.5 Å². The van der Waals surface area contributed by atoms with Crippen LogP contribution < -0.4 is 15.2 Å². The molecule has 5 heteroatoms. The van der Waals surface area contributed by atoms with Gasteiger partial charge in [-0.05, 0) is 25.1 Å². The van der Waals surface area contributed by atoms with Crippen LogP contribution in [0.2, 0.25) is 0 Å². The fourth-order valence-corrected chi connectivity index (χ4v) is 1.55. The van der Waals surface area contributed by atoms with Crippen molar-refractivity contribution >= 4 is 5.69 Å². The van der Waals surface area contributed by atoms with E-state index in [2.05, 4.69) is 5.16 Å². The molecule has 1 aromatic heterocycles. The standard InChI is InChI=1S/C12H14N2O3/c1-3-16-10-5-4-8(6-11(10)15-2)12-9(13)7-14-17-12/h4-7H,3,13H2,1-2H3. The van der Waals surface area contributed by atoms with Crippen LogP contribution in [-0.2, 0) is 0 Å². The minimum atomic E-state index is 0.496. The highest BCUT2D eigenvalue weighted by Crippen LogP contribution is 2.34. The molecule has 2 N–H and O–H groups in total. The average molecular weight is 234 g/mol. The van der Waals surface area contributed by atoms with Gasteiger partial charge in [0.2, 0.25) is 0 Å². The Hall–Kier alpha value is -2.17. The second-order valence-electron chi connectivity index (χ2n) is 3.41. The number of ether oxygens (including phenoxy) is 2. The molecule has 2 aromatic rings. The zero-order valence-electron chi connectivity index (χ0n) is 9.77. The second-order valence-corrected chi connectivity index (χ2v) is 3.41. The molecule has 0 aliphatic carbocycles. The van der Waals surface area contributed by atoms with Crippen molar-refractivity contribution in [3.63, 3.8) is 0 Å². The number of rotatable bonds is 4. The number of hydrogen-bond acceptors (Lipinski definition) is 5. The number of benzene rings is 1. The highest BCUT2D eigenvalue weighted by Gasteiger charge is 2.11. The Bertz CT molecular complexity index is 508. The van der Waals surface area contributed by atoms with Crippen LogP contribution in [0.3, 0.4) is 0 Å². The maximum absolute atomic E-state index is 5.73. The van der Waals surface area contributed by atoms with Gasteiger partial charge in [-0.3, -0.25) is 0 Å². The van der Waals surface area contributed by atoms with Crippen LogP contribution in [0.25, 0.3) is 11.3 Å². The Kier molecular flexibility index (Phi) is 3.18. The molecule has 0 amide bonds. The lowest BCUT2D eigenvalue weighted by atomic mass is 10.1. The van der Waals surface area contributed by atoms with Crippen molar-refractivity contribution < 1.29 is 14.0 Å². The summed E-state index contributed by atoms with van der Waals surface area (Å²) in [6.45, 7) is 2.50. The first-order valence-electron chi connectivity index (χ1n) is 5.27. The predicted octanol–water partition coefficient (Wildman–Crippen LogP) is 2.33. The molecule has 0 atom stereocenters. The van der Waals surface area contributed by atoms with Crippen molar-refractivity contribution in [2.75, 3.05) is 19.5 Å². The third-order valence-corrected chi connectivity index (χ3v) is 2.32. The van der Waals surface area contributed by atoms with E-state index in [-0.39, 0.29) is 0 Å². The van der Waals surface area contributed by atoms with Crippen molar-refractivity contribution in [1.29, 1.82) is 0 Å². The molecule has 0 aliphatic rings. The average Bonchev–Trinajstić information content (AvgIpc) is 2.76. The molecule has 5 nitrogen and oxygen atoms in total. The minimum absolute atomic E-state index is 0.496. The molecule has 0 spiro atoms. The lowest BCUT2D eigenvalue weighted by molar-refractivity contribution is 0.311. The summed E-state index contributed by atoms with van der Waals surface area (Å²) >= 11 is 0. The fraction of sp³-hybridized carbons (Fsp3) is 0.250. The van der Waals surface area contributed by atoms with Crippen LogP contribution in [-0.4, -0.2) is 18.9 Å². The van der Waals surface area contributed by atoms with Gasteiger partial charge in [-0.25, -0.2) is 0 Å². The lowest BCUT2D eigenvalue weighted by Crippen LogP contribution is -1.95. The van der Waals surface area contributed by atoms with Crippen molar-refractivity contribution in [1.82, 2.24) is 5.16 Å². The summed E-state index contributed by atoms with van der Waals surface area (Å²) in [5.41, 5.74) is 7.03. The number of aromatic nitrogens is 1. The molecule has 0 saturated heterocycles. The normalized spacial score (nSPS) is 10.2. The molecule has 90 valence electrons. The molecule has 0 bridgehead atoms. The molecular formula is C12H14N2O3. The first-order chi connectivity index (χ1) is 8.26. The van der Waals surface area contributed by atoms with Crippen LogP contribution in [0.15, 0.2) is 28.9 Å². The van der Waals surface area contributed by atoms with Gasteiger partial charge in [0.15, 0.2) is 17.3 Å². The maximum atomic E-state index is 5.73. The zero-order valence-corrected chi connectivity index (χ0v) is 9.77. The lowest BCUT2D eigenvalue weighted by Gasteiger charge is -2.09. The number of anilines is 1. The van der Waals surface area contributed by atoms with Gasteiger partial charge in [-0.1, -0.05) is 5.16 Å². The summed E-state index contributed by atoms with van der Waals surface area (Å²) < 4.78 is 15.8. The van der Waals surface area contributed by atoms with E-state index in [1.165, 1.54) is 6.20 Å². The zero-order chi connectivity index (χ0) is 12.3. The monoisotopic (exact) mass is 234 g/mol. The first-order valence-corrected chi connectivity index (χ1v) is 5.27. The molecule has 1 heterocycles. The number of hydrogen-bond donors (Lipinski definition) is 1. The number of methoxy groups -OCH3 is 1. The van der Waals surface area contributed by atoms with Gasteiger partial charge < -0.3 is 19.7 Å². The number of nitrogens with zero attached hydrogens (tertiary/aromatic N) is 1. The van der Waals surface area contributed by atoms with Crippen LogP contribution >= 0.6 is 0 Å². The molecule has 0 aliphatic heterocycles. The van der Waals surface area contributed by atoms with E-state index in [1.54, 1.807) is 7.11 Å². The quantitative estimate of drug-likeness (QED) is 0.879. The van der Waals surface area contributed by atoms with Gasteiger partial charge in [0.1, 0.15) is 5.69 Å². The third kappa shape index (κ3) is 2.18. The van der Waals surface area contributed by atoms with Gasteiger partial charge in [0.25, 0.3) is 0 Å². The van der Waals surface area contributed by atoms with E-state index >= 15 is 0 Å². The van der Waals surface area contributed by atoms with Crippen molar-refractivity contribution in [2.45, 2.75) is 6.92 Å². The highest BCUT2D eigenvalue weighted by atomic mass is 16.5. The Balaban J connectivity index is 2.41. The predicted molar refractivity (Wildman–Crippen MR) is 64.1 cm³/mol. The number of nitrogens with two attached hydrogens (primary N) is 1. The Morgan fingerprint density at radius 3 is 2.76 bits per heavy atom. The van der Waals surface area contributed by atoms with E-state index < -0.39 is 0 Å². The molecule has 0 unspecified atom stereocenters. The Morgan fingerprint density at radius 1 is 1.35 bits per heavy atom. The van der Waals surface area contributed by atoms with Gasteiger partial charge in [0.05, 0.1) is 19.9 Å². The molecular weight excluding hydrogens is 220 g/mol. The van der Waals surface area contributed by atoms with Crippen LogP contribution in [0.1, 0.15) is 6.92 Å². The molecule has 0 saturated carbocycles. The van der Waals surface area contributed by atoms with Crippen LogP contribution in [0.4, 0.5) is 5.69 Å². The van der Waals surface area contributed by atoms with E-state index in [1.807, 2.05) is 25.1 Å². The largest absolute Gasteiger partial charge is 0.493 e. The van der Waals surface area contributed by atoms with Gasteiger partial charge >= 0.3 is 0 Å². The summed E-state index contributed by atoms with van der Waals surface area (Å²) in [7, 11) is 1.59. The highest BCUT2D eigenvalue weighted by molar-refractivity contribution is 5.72. The van der Waals surface area contributed by atoms with E-state index in [0.29, 0.717) is 29.6 Å². The number of nitrogen functional groups attached to an aromatic ring is 1. The van der Waals surface area contributed by atoms with E-state index in [4.69, 9.17) is 19.7 Å². The fourth-order valence-electron chi connectivity index (χ4n) is 1.55. The van der Waals surface area contributed by atoms with Crippen LogP contribution in [0.5, 0.6) is 11.5 Å². The van der Waals surface area contributed by atoms with Gasteiger partial charge in [-0.15, -0.1) is 0 Å². The minimum Gasteiger partial charge on any atom is -0.493 e. The third-order valence-electron chi connectivity index (χ3n) is 2.32. The first kappa shape index (κ1) is 11.3. The van der Waals surface area contributed by atoms with Crippen molar-refractivity contribution in [2.24, 2.45) is 0 Å². The second kappa shape index (κ2) is 4.78.